The van der Waals surface area contributed by atoms with E-state index in [0.29, 0.717) is 34.9 Å². The van der Waals surface area contributed by atoms with Crippen molar-refractivity contribution in [3.05, 3.63) is 53.6 Å². The maximum Gasteiger partial charge on any atom is 0.198 e. The van der Waals surface area contributed by atoms with Gasteiger partial charge in [-0.2, -0.15) is 0 Å². The molecular formula is C16H17NO3. The Hall–Kier alpha value is -2.49. The molecule has 4 nitrogen and oxygen atoms in total. The van der Waals surface area contributed by atoms with E-state index < -0.39 is 0 Å². The minimum absolute atomic E-state index is 0.176. The minimum Gasteiger partial charge on any atom is -0.497 e. The fraction of sp³-hybridized carbons (Fsp3) is 0.188. The molecule has 0 aliphatic rings. The van der Waals surface area contributed by atoms with Gasteiger partial charge < -0.3 is 15.2 Å². The van der Waals surface area contributed by atoms with Gasteiger partial charge in [0.15, 0.2) is 5.78 Å². The first-order valence-electron chi connectivity index (χ1n) is 6.37. The van der Waals surface area contributed by atoms with Crippen molar-refractivity contribution in [2.45, 2.75) is 6.92 Å². The van der Waals surface area contributed by atoms with Crippen LogP contribution in [0, 0.1) is 0 Å². The van der Waals surface area contributed by atoms with E-state index in [2.05, 4.69) is 0 Å². The van der Waals surface area contributed by atoms with E-state index >= 15 is 0 Å². The van der Waals surface area contributed by atoms with Gasteiger partial charge in [0.05, 0.1) is 19.3 Å². The first-order valence-corrected chi connectivity index (χ1v) is 6.37. The van der Waals surface area contributed by atoms with Gasteiger partial charge in [-0.05, 0) is 37.3 Å². The Morgan fingerprint density at radius 3 is 2.60 bits per heavy atom. The quantitative estimate of drug-likeness (QED) is 0.671. The SMILES string of the molecule is CCOc1ccccc1C(=O)c1cc(OC)ccc1N. The van der Waals surface area contributed by atoms with Gasteiger partial charge in [0.1, 0.15) is 11.5 Å². The van der Waals surface area contributed by atoms with Crippen molar-refractivity contribution in [3.63, 3.8) is 0 Å². The summed E-state index contributed by atoms with van der Waals surface area (Å²) >= 11 is 0. The number of carbonyl (C=O) groups is 1. The number of benzene rings is 2. The van der Waals surface area contributed by atoms with Crippen LogP contribution < -0.4 is 15.2 Å². The Balaban J connectivity index is 2.46. The smallest absolute Gasteiger partial charge is 0.198 e. The third kappa shape index (κ3) is 2.74. The molecule has 0 aromatic heterocycles. The van der Waals surface area contributed by atoms with Crippen LogP contribution in [0.25, 0.3) is 0 Å². The molecule has 0 radical (unpaired) electrons. The molecule has 0 fully saturated rings. The highest BCUT2D eigenvalue weighted by Gasteiger charge is 2.17. The van der Waals surface area contributed by atoms with Crippen LogP contribution in [-0.4, -0.2) is 19.5 Å². The summed E-state index contributed by atoms with van der Waals surface area (Å²) in [5.74, 6) is 0.976. The van der Waals surface area contributed by atoms with Crippen LogP contribution in [0.5, 0.6) is 11.5 Å². The molecule has 0 saturated carbocycles. The van der Waals surface area contributed by atoms with Crippen LogP contribution in [0.4, 0.5) is 5.69 Å². The normalized spacial score (nSPS) is 10.1. The van der Waals surface area contributed by atoms with Gasteiger partial charge >= 0.3 is 0 Å². The van der Waals surface area contributed by atoms with Crippen molar-refractivity contribution in [1.82, 2.24) is 0 Å². The topological polar surface area (TPSA) is 61.5 Å². The van der Waals surface area contributed by atoms with Crippen molar-refractivity contribution in [2.24, 2.45) is 0 Å². The van der Waals surface area contributed by atoms with E-state index in [1.165, 1.54) is 0 Å². The third-order valence-electron chi connectivity index (χ3n) is 2.94. The molecule has 2 aromatic carbocycles. The second-order valence-corrected chi connectivity index (χ2v) is 4.21. The van der Waals surface area contributed by atoms with E-state index in [0.717, 1.165) is 0 Å². The Morgan fingerprint density at radius 2 is 1.90 bits per heavy atom. The van der Waals surface area contributed by atoms with Gasteiger partial charge in [-0.25, -0.2) is 0 Å². The maximum atomic E-state index is 12.6. The molecule has 0 amide bonds. The molecule has 2 rings (SSSR count). The Bertz CT molecular complexity index is 623. The van der Waals surface area contributed by atoms with Gasteiger partial charge in [0.25, 0.3) is 0 Å². The predicted octanol–water partition coefficient (Wildman–Crippen LogP) is 2.91. The molecule has 0 aliphatic heterocycles. The lowest BCUT2D eigenvalue weighted by atomic mass is 10.0. The van der Waals surface area contributed by atoms with Crippen LogP contribution >= 0.6 is 0 Å². The van der Waals surface area contributed by atoms with Crippen molar-refractivity contribution in [3.8, 4) is 11.5 Å². The monoisotopic (exact) mass is 271 g/mol. The molecule has 0 bridgehead atoms. The lowest BCUT2D eigenvalue weighted by molar-refractivity contribution is 0.103. The van der Waals surface area contributed by atoms with Crippen LogP contribution in [0.15, 0.2) is 42.5 Å². The number of hydrogen-bond acceptors (Lipinski definition) is 4. The zero-order chi connectivity index (χ0) is 14.5. The molecule has 0 unspecified atom stereocenters. The molecular weight excluding hydrogens is 254 g/mol. The highest BCUT2D eigenvalue weighted by molar-refractivity contribution is 6.13. The van der Waals surface area contributed by atoms with Crippen molar-refractivity contribution < 1.29 is 14.3 Å². The second-order valence-electron chi connectivity index (χ2n) is 4.21. The van der Waals surface area contributed by atoms with Crippen LogP contribution in [0.1, 0.15) is 22.8 Å². The fourth-order valence-electron chi connectivity index (χ4n) is 1.94. The molecule has 20 heavy (non-hydrogen) atoms. The van der Waals surface area contributed by atoms with Gasteiger partial charge in [-0.15, -0.1) is 0 Å². The highest BCUT2D eigenvalue weighted by atomic mass is 16.5. The molecule has 0 saturated heterocycles. The zero-order valence-electron chi connectivity index (χ0n) is 11.6. The molecule has 2 N–H and O–H groups in total. The summed E-state index contributed by atoms with van der Waals surface area (Å²) in [5, 5.41) is 0. The van der Waals surface area contributed by atoms with Crippen molar-refractivity contribution in [2.75, 3.05) is 19.5 Å². The molecule has 0 spiro atoms. The number of ether oxygens (including phenoxy) is 2. The fourth-order valence-corrected chi connectivity index (χ4v) is 1.94. The standard InChI is InChI=1S/C16H17NO3/c1-3-20-15-7-5-4-6-12(15)16(18)13-10-11(19-2)8-9-14(13)17/h4-10H,3,17H2,1-2H3. The molecule has 0 atom stereocenters. The summed E-state index contributed by atoms with van der Waals surface area (Å²) in [4.78, 5) is 12.6. The van der Waals surface area contributed by atoms with Crippen LogP contribution in [0.3, 0.4) is 0 Å². The molecule has 104 valence electrons. The number of hydrogen-bond donors (Lipinski definition) is 1. The van der Waals surface area contributed by atoms with Gasteiger partial charge in [0.2, 0.25) is 0 Å². The molecule has 0 heterocycles. The summed E-state index contributed by atoms with van der Waals surface area (Å²) in [6.07, 6.45) is 0. The van der Waals surface area contributed by atoms with Crippen LogP contribution in [0.2, 0.25) is 0 Å². The van der Waals surface area contributed by atoms with Crippen molar-refractivity contribution >= 4 is 11.5 Å². The number of ketones is 1. The Morgan fingerprint density at radius 1 is 1.15 bits per heavy atom. The van der Waals surface area contributed by atoms with E-state index in [-0.39, 0.29) is 5.78 Å². The second kappa shape index (κ2) is 6.10. The average Bonchev–Trinajstić information content (AvgIpc) is 2.48. The number of nitrogen functional groups attached to an aromatic ring is 1. The van der Waals surface area contributed by atoms with E-state index in [9.17, 15) is 4.79 Å². The predicted molar refractivity (Wildman–Crippen MR) is 78.4 cm³/mol. The van der Waals surface area contributed by atoms with Crippen LogP contribution in [-0.2, 0) is 0 Å². The van der Waals surface area contributed by atoms with E-state index in [4.69, 9.17) is 15.2 Å². The zero-order valence-corrected chi connectivity index (χ0v) is 11.6. The lowest BCUT2D eigenvalue weighted by Gasteiger charge is -2.11. The summed E-state index contributed by atoms with van der Waals surface area (Å²) in [6.45, 7) is 2.37. The summed E-state index contributed by atoms with van der Waals surface area (Å²) in [7, 11) is 1.55. The highest BCUT2D eigenvalue weighted by Crippen LogP contribution is 2.26. The number of nitrogens with two attached hydrogens (primary N) is 1. The number of carbonyl (C=O) groups excluding carboxylic acids is 1. The Labute approximate surface area is 118 Å². The average molecular weight is 271 g/mol. The number of methoxy groups -OCH3 is 1. The summed E-state index contributed by atoms with van der Waals surface area (Å²) in [6, 6.07) is 12.2. The van der Waals surface area contributed by atoms with E-state index in [1.54, 1.807) is 43.5 Å². The third-order valence-corrected chi connectivity index (χ3v) is 2.94. The summed E-state index contributed by atoms with van der Waals surface area (Å²) < 4.78 is 10.6. The lowest BCUT2D eigenvalue weighted by Crippen LogP contribution is -2.08. The van der Waals surface area contributed by atoms with Gasteiger partial charge in [-0.3, -0.25) is 4.79 Å². The molecule has 4 heteroatoms. The maximum absolute atomic E-state index is 12.6. The Kier molecular flexibility index (Phi) is 4.25. The largest absolute Gasteiger partial charge is 0.497 e. The van der Waals surface area contributed by atoms with E-state index in [1.807, 2.05) is 13.0 Å². The molecule has 2 aromatic rings. The minimum atomic E-state index is -0.176. The molecule has 0 aliphatic carbocycles. The number of anilines is 1. The van der Waals surface area contributed by atoms with Gasteiger partial charge in [-0.1, -0.05) is 12.1 Å². The first kappa shape index (κ1) is 13.9. The van der Waals surface area contributed by atoms with Crippen molar-refractivity contribution in [1.29, 1.82) is 0 Å². The number of rotatable bonds is 5. The first-order chi connectivity index (χ1) is 9.67. The van der Waals surface area contributed by atoms with Gasteiger partial charge in [0, 0.05) is 11.3 Å². The summed E-state index contributed by atoms with van der Waals surface area (Å²) in [5.41, 5.74) is 7.22. The number of para-hydroxylation sites is 1.